The van der Waals surface area contributed by atoms with Gasteiger partial charge in [-0.25, -0.2) is 4.68 Å². The highest BCUT2D eigenvalue weighted by molar-refractivity contribution is 9.10. The van der Waals surface area contributed by atoms with Crippen molar-refractivity contribution in [3.05, 3.63) is 89.0 Å². The fraction of sp³-hybridized carbons (Fsp3) is 0.0435. The summed E-state index contributed by atoms with van der Waals surface area (Å²) in [5.74, 6) is 0. The Labute approximate surface area is 165 Å². The lowest BCUT2D eigenvalue weighted by molar-refractivity contribution is 0.917. The largest absolute Gasteiger partial charge is 0.255 e. The summed E-state index contributed by atoms with van der Waals surface area (Å²) >= 11 is 3.52. The van der Waals surface area contributed by atoms with Crippen molar-refractivity contribution in [2.45, 2.75) is 6.92 Å². The molecule has 5 rings (SSSR count). The van der Waals surface area contributed by atoms with E-state index in [0.717, 1.165) is 43.2 Å². The third-order valence-corrected chi connectivity index (χ3v) is 5.34. The van der Waals surface area contributed by atoms with E-state index in [-0.39, 0.29) is 0 Å². The first-order valence-electron chi connectivity index (χ1n) is 8.80. The number of aromatic nitrogens is 3. The molecule has 0 fully saturated rings. The summed E-state index contributed by atoms with van der Waals surface area (Å²) in [6.07, 6.45) is 1.94. The van der Waals surface area contributed by atoms with Crippen LogP contribution in [0.2, 0.25) is 0 Å². The smallest absolute Gasteiger partial charge is 0.102 e. The average molecular weight is 414 g/mol. The molecular formula is C23H16BrN3. The Morgan fingerprint density at radius 2 is 1.56 bits per heavy atom. The van der Waals surface area contributed by atoms with Gasteiger partial charge >= 0.3 is 0 Å². The molecule has 0 saturated carbocycles. The van der Waals surface area contributed by atoms with Crippen LogP contribution in [0.5, 0.6) is 0 Å². The molecule has 4 heteroatoms. The first kappa shape index (κ1) is 16.2. The Kier molecular flexibility index (Phi) is 3.80. The van der Waals surface area contributed by atoms with Crippen molar-refractivity contribution in [3.63, 3.8) is 0 Å². The Morgan fingerprint density at radius 3 is 2.33 bits per heavy atom. The van der Waals surface area contributed by atoms with Gasteiger partial charge in [-0.15, -0.1) is 0 Å². The molecule has 5 aromatic rings. The van der Waals surface area contributed by atoms with Gasteiger partial charge in [-0.3, -0.25) is 4.98 Å². The predicted molar refractivity (Wildman–Crippen MR) is 114 cm³/mol. The van der Waals surface area contributed by atoms with Gasteiger partial charge in [-0.1, -0.05) is 64.0 Å². The van der Waals surface area contributed by atoms with E-state index in [0.29, 0.717) is 0 Å². The first-order chi connectivity index (χ1) is 13.2. The molecule has 0 saturated heterocycles. The molecule has 0 unspecified atom stereocenters. The summed E-state index contributed by atoms with van der Waals surface area (Å²) in [6, 6.07) is 24.9. The van der Waals surface area contributed by atoms with E-state index in [1.54, 1.807) is 0 Å². The van der Waals surface area contributed by atoms with Crippen LogP contribution in [-0.2, 0) is 0 Å². The van der Waals surface area contributed by atoms with Gasteiger partial charge in [0.2, 0.25) is 0 Å². The van der Waals surface area contributed by atoms with E-state index in [1.165, 1.54) is 5.56 Å². The van der Waals surface area contributed by atoms with E-state index in [1.807, 2.05) is 41.2 Å². The molecular weight excluding hydrogens is 398 g/mol. The van der Waals surface area contributed by atoms with Gasteiger partial charge < -0.3 is 0 Å². The monoisotopic (exact) mass is 413 g/mol. The first-order valence-corrected chi connectivity index (χ1v) is 9.59. The molecule has 0 atom stereocenters. The van der Waals surface area contributed by atoms with Gasteiger partial charge in [-0.2, -0.15) is 5.10 Å². The molecule has 27 heavy (non-hydrogen) atoms. The zero-order chi connectivity index (χ0) is 18.4. The molecule has 0 bridgehead atoms. The van der Waals surface area contributed by atoms with Gasteiger partial charge in [0, 0.05) is 27.0 Å². The standard InChI is InChI=1S/C23H16BrN3/c1-15-6-8-16(9-7-15)22-20-14-25-21-5-3-2-4-19(21)23(20)27(26-22)18-12-10-17(24)11-13-18/h2-14H,1H3. The second kappa shape index (κ2) is 6.32. The highest BCUT2D eigenvalue weighted by Gasteiger charge is 2.16. The summed E-state index contributed by atoms with van der Waals surface area (Å²) in [5.41, 5.74) is 6.36. The van der Waals surface area contributed by atoms with Crippen LogP contribution in [0.25, 0.3) is 38.8 Å². The van der Waals surface area contributed by atoms with Crippen LogP contribution < -0.4 is 0 Å². The van der Waals surface area contributed by atoms with E-state index in [9.17, 15) is 0 Å². The van der Waals surface area contributed by atoms with Gasteiger partial charge in [-0.05, 0) is 37.3 Å². The third kappa shape index (κ3) is 2.73. The fourth-order valence-corrected chi connectivity index (χ4v) is 3.69. The number of aryl methyl sites for hydroxylation is 1. The fourth-order valence-electron chi connectivity index (χ4n) is 3.43. The summed E-state index contributed by atoms with van der Waals surface area (Å²) < 4.78 is 3.08. The summed E-state index contributed by atoms with van der Waals surface area (Å²) in [6.45, 7) is 2.09. The molecule has 2 aromatic heterocycles. The van der Waals surface area contributed by atoms with Crippen LogP contribution >= 0.6 is 15.9 Å². The molecule has 0 amide bonds. The number of pyridine rings is 1. The van der Waals surface area contributed by atoms with E-state index in [2.05, 4.69) is 70.3 Å². The lowest BCUT2D eigenvalue weighted by Gasteiger charge is -2.06. The SMILES string of the molecule is Cc1ccc(-c2nn(-c3ccc(Br)cc3)c3c2cnc2ccccc23)cc1. The number of fused-ring (bicyclic) bond motifs is 3. The van der Waals surface area contributed by atoms with Crippen molar-refractivity contribution in [1.82, 2.24) is 14.8 Å². The highest BCUT2D eigenvalue weighted by Crippen LogP contribution is 2.33. The van der Waals surface area contributed by atoms with Crippen molar-refractivity contribution in [3.8, 4) is 16.9 Å². The lowest BCUT2D eigenvalue weighted by Crippen LogP contribution is -1.97. The van der Waals surface area contributed by atoms with Crippen molar-refractivity contribution >= 4 is 37.7 Å². The molecule has 0 spiro atoms. The highest BCUT2D eigenvalue weighted by atomic mass is 79.9. The molecule has 0 aliphatic rings. The average Bonchev–Trinajstić information content (AvgIpc) is 3.09. The summed E-state index contributed by atoms with van der Waals surface area (Å²) in [7, 11) is 0. The topological polar surface area (TPSA) is 30.7 Å². The molecule has 0 aliphatic heterocycles. The Hall–Kier alpha value is -2.98. The number of nitrogens with zero attached hydrogens (tertiary/aromatic N) is 3. The molecule has 130 valence electrons. The lowest BCUT2D eigenvalue weighted by atomic mass is 10.1. The van der Waals surface area contributed by atoms with Crippen LogP contribution in [0.3, 0.4) is 0 Å². The van der Waals surface area contributed by atoms with E-state index >= 15 is 0 Å². The van der Waals surface area contributed by atoms with Crippen molar-refractivity contribution in [2.75, 3.05) is 0 Å². The van der Waals surface area contributed by atoms with E-state index in [4.69, 9.17) is 5.10 Å². The zero-order valence-corrected chi connectivity index (χ0v) is 16.3. The second-order valence-corrected chi connectivity index (χ2v) is 7.56. The van der Waals surface area contributed by atoms with Crippen LogP contribution in [0.1, 0.15) is 5.56 Å². The number of hydrogen-bond donors (Lipinski definition) is 0. The van der Waals surface area contributed by atoms with Crippen LogP contribution in [0.4, 0.5) is 0 Å². The molecule has 2 heterocycles. The number of halogens is 1. The second-order valence-electron chi connectivity index (χ2n) is 6.64. The number of benzene rings is 3. The van der Waals surface area contributed by atoms with Crippen LogP contribution in [0.15, 0.2) is 83.5 Å². The summed E-state index contributed by atoms with van der Waals surface area (Å²) in [5, 5.41) is 7.16. The van der Waals surface area contributed by atoms with Crippen molar-refractivity contribution in [2.24, 2.45) is 0 Å². The van der Waals surface area contributed by atoms with Crippen LogP contribution in [-0.4, -0.2) is 14.8 Å². The van der Waals surface area contributed by atoms with E-state index < -0.39 is 0 Å². The number of hydrogen-bond acceptors (Lipinski definition) is 2. The quantitative estimate of drug-likeness (QED) is 0.339. The normalized spacial score (nSPS) is 11.3. The van der Waals surface area contributed by atoms with Gasteiger partial charge in [0.25, 0.3) is 0 Å². The maximum absolute atomic E-state index is 5.00. The molecule has 3 aromatic carbocycles. The minimum absolute atomic E-state index is 0.950. The van der Waals surface area contributed by atoms with Crippen LogP contribution in [0, 0.1) is 6.92 Å². The molecule has 0 N–H and O–H groups in total. The predicted octanol–water partition coefficient (Wildman–Crippen LogP) is 6.31. The van der Waals surface area contributed by atoms with Gasteiger partial charge in [0.1, 0.15) is 5.69 Å². The minimum Gasteiger partial charge on any atom is -0.255 e. The number of para-hydroxylation sites is 1. The third-order valence-electron chi connectivity index (χ3n) is 4.81. The molecule has 3 nitrogen and oxygen atoms in total. The van der Waals surface area contributed by atoms with Crippen molar-refractivity contribution in [1.29, 1.82) is 0 Å². The zero-order valence-electron chi connectivity index (χ0n) is 14.7. The van der Waals surface area contributed by atoms with Crippen molar-refractivity contribution < 1.29 is 0 Å². The Morgan fingerprint density at radius 1 is 0.815 bits per heavy atom. The molecule has 0 radical (unpaired) electrons. The molecule has 0 aliphatic carbocycles. The Balaban J connectivity index is 1.88. The minimum atomic E-state index is 0.950. The summed E-state index contributed by atoms with van der Waals surface area (Å²) in [4.78, 5) is 4.67. The maximum Gasteiger partial charge on any atom is 0.102 e. The Bertz CT molecular complexity index is 1270. The maximum atomic E-state index is 5.00. The number of rotatable bonds is 2. The van der Waals surface area contributed by atoms with Gasteiger partial charge in [0.05, 0.1) is 16.7 Å². The van der Waals surface area contributed by atoms with Gasteiger partial charge in [0.15, 0.2) is 0 Å².